The van der Waals surface area contributed by atoms with Crippen molar-refractivity contribution in [3.8, 4) is 11.5 Å². The average molecular weight is 494 g/mol. The summed E-state index contributed by atoms with van der Waals surface area (Å²) >= 11 is 7.10. The van der Waals surface area contributed by atoms with Gasteiger partial charge >= 0.3 is 0 Å². The smallest absolute Gasteiger partial charge is 0.132 e. The maximum Gasteiger partial charge on any atom is 0.132 e. The molecule has 0 spiro atoms. The van der Waals surface area contributed by atoms with Crippen LogP contribution in [-0.4, -0.2) is 9.97 Å². The fraction of sp³-hybridized carbons (Fsp3) is 0.0435. The molecule has 1 aliphatic heterocycles. The van der Waals surface area contributed by atoms with Gasteiger partial charge in [-0.05, 0) is 68.3 Å². The lowest BCUT2D eigenvalue weighted by Crippen LogP contribution is -2.36. The minimum atomic E-state index is -0.695. The lowest BCUT2D eigenvalue weighted by atomic mass is 9.67. The first-order valence-corrected chi connectivity index (χ1v) is 10.4. The highest BCUT2D eigenvalue weighted by Crippen LogP contribution is 2.54. The number of pyridine rings is 2. The van der Waals surface area contributed by atoms with E-state index < -0.39 is 5.41 Å². The van der Waals surface area contributed by atoms with Gasteiger partial charge in [0.25, 0.3) is 0 Å². The van der Waals surface area contributed by atoms with Crippen molar-refractivity contribution < 1.29 is 4.74 Å². The summed E-state index contributed by atoms with van der Waals surface area (Å²) < 4.78 is 7.81. The summed E-state index contributed by atoms with van der Waals surface area (Å²) in [6, 6.07) is 28.2. The van der Waals surface area contributed by atoms with Gasteiger partial charge in [0.15, 0.2) is 0 Å². The van der Waals surface area contributed by atoms with Gasteiger partial charge in [-0.2, -0.15) is 0 Å². The third-order valence-corrected chi connectivity index (χ3v) is 5.88. The first kappa shape index (κ1) is 17.6. The van der Waals surface area contributed by atoms with Gasteiger partial charge in [-0.3, -0.25) is 0 Å². The van der Waals surface area contributed by atoms with Crippen molar-refractivity contribution >= 4 is 31.9 Å². The Labute approximate surface area is 179 Å². The van der Waals surface area contributed by atoms with E-state index in [4.69, 9.17) is 14.7 Å². The molecule has 0 amide bonds. The van der Waals surface area contributed by atoms with E-state index in [0.717, 1.165) is 43.2 Å². The minimum absolute atomic E-state index is 0.695. The Morgan fingerprint density at radius 2 is 1.04 bits per heavy atom. The van der Waals surface area contributed by atoms with Crippen LogP contribution in [0.25, 0.3) is 0 Å². The number of aromatic nitrogens is 2. The number of ether oxygens (including phenoxy) is 1. The van der Waals surface area contributed by atoms with Crippen molar-refractivity contribution in [1.82, 2.24) is 9.97 Å². The summed E-state index contributed by atoms with van der Waals surface area (Å²) in [6.45, 7) is 0. The van der Waals surface area contributed by atoms with Crippen LogP contribution in [0.15, 0.2) is 94.1 Å². The maximum absolute atomic E-state index is 6.26. The van der Waals surface area contributed by atoms with E-state index in [0.29, 0.717) is 0 Å². The molecule has 0 saturated carbocycles. The Kier molecular flexibility index (Phi) is 4.29. The van der Waals surface area contributed by atoms with Gasteiger partial charge in [-0.25, -0.2) is 9.97 Å². The SMILES string of the molecule is Brc1cccc(C2(c3cccc(Br)n3)c3ccccc3Oc3ccccc32)n1. The Balaban J connectivity index is 1.98. The summed E-state index contributed by atoms with van der Waals surface area (Å²) in [5, 5.41) is 0. The maximum atomic E-state index is 6.26. The molecule has 5 heteroatoms. The molecule has 0 aliphatic carbocycles. The molecule has 136 valence electrons. The first-order valence-electron chi connectivity index (χ1n) is 8.82. The Bertz CT molecular complexity index is 1100. The van der Waals surface area contributed by atoms with Crippen LogP contribution in [0, 0.1) is 0 Å². The highest BCUT2D eigenvalue weighted by molar-refractivity contribution is 9.10. The van der Waals surface area contributed by atoms with Crippen LogP contribution in [-0.2, 0) is 5.41 Å². The molecule has 0 N–H and O–H groups in total. The van der Waals surface area contributed by atoms with Crippen LogP contribution >= 0.6 is 31.9 Å². The van der Waals surface area contributed by atoms with Gasteiger partial charge in [0, 0.05) is 11.1 Å². The normalized spacial score (nSPS) is 13.9. The van der Waals surface area contributed by atoms with Crippen LogP contribution in [0.3, 0.4) is 0 Å². The van der Waals surface area contributed by atoms with Crippen molar-refractivity contribution in [1.29, 1.82) is 0 Å². The highest BCUT2D eigenvalue weighted by Gasteiger charge is 2.47. The fourth-order valence-corrected chi connectivity index (χ4v) is 4.60. The zero-order valence-electron chi connectivity index (χ0n) is 14.6. The van der Waals surface area contributed by atoms with E-state index in [-0.39, 0.29) is 0 Å². The van der Waals surface area contributed by atoms with Crippen LogP contribution < -0.4 is 4.74 Å². The molecule has 0 unspecified atom stereocenters. The zero-order valence-corrected chi connectivity index (χ0v) is 17.8. The van der Waals surface area contributed by atoms with E-state index >= 15 is 0 Å². The van der Waals surface area contributed by atoms with Crippen molar-refractivity contribution in [2.75, 3.05) is 0 Å². The van der Waals surface area contributed by atoms with E-state index in [1.807, 2.05) is 72.8 Å². The average Bonchev–Trinajstić information content (AvgIpc) is 2.72. The molecule has 2 aromatic carbocycles. The lowest BCUT2D eigenvalue weighted by Gasteiger charge is -2.39. The quantitative estimate of drug-likeness (QED) is 0.263. The van der Waals surface area contributed by atoms with Crippen LogP contribution in [0.5, 0.6) is 11.5 Å². The Hall–Kier alpha value is -2.50. The topological polar surface area (TPSA) is 35.0 Å². The van der Waals surface area contributed by atoms with Crippen LogP contribution in [0.2, 0.25) is 0 Å². The summed E-state index contributed by atoms with van der Waals surface area (Å²) in [6.07, 6.45) is 0. The van der Waals surface area contributed by atoms with Crippen molar-refractivity contribution in [3.63, 3.8) is 0 Å². The second-order valence-corrected chi connectivity index (χ2v) is 8.16. The molecule has 0 atom stereocenters. The molecule has 3 nitrogen and oxygen atoms in total. The summed E-state index contributed by atoms with van der Waals surface area (Å²) in [4.78, 5) is 9.76. The van der Waals surface area contributed by atoms with E-state index in [1.165, 1.54) is 0 Å². The molecule has 0 fully saturated rings. The summed E-state index contributed by atoms with van der Waals surface area (Å²) in [7, 11) is 0. The molecule has 1 aliphatic rings. The van der Waals surface area contributed by atoms with Gasteiger partial charge in [0.2, 0.25) is 0 Å². The molecule has 3 heterocycles. The molecular weight excluding hydrogens is 480 g/mol. The number of fused-ring (bicyclic) bond motifs is 2. The van der Waals surface area contributed by atoms with Crippen LogP contribution in [0.4, 0.5) is 0 Å². The predicted molar refractivity (Wildman–Crippen MR) is 116 cm³/mol. The minimum Gasteiger partial charge on any atom is -0.457 e. The number of benzene rings is 2. The number of halogens is 2. The molecule has 4 aromatic rings. The van der Waals surface area contributed by atoms with Crippen molar-refractivity contribution in [3.05, 3.63) is 117 Å². The number of rotatable bonds is 2. The standard InChI is InChI=1S/C23H14Br2N2O/c24-21-13-5-11-19(26-21)23(20-12-6-14-22(25)27-20)15-7-1-3-9-17(15)28-18-10-4-2-8-16(18)23/h1-14H. The molecule has 2 aromatic heterocycles. The van der Waals surface area contributed by atoms with Gasteiger partial charge in [0.05, 0.1) is 11.4 Å². The molecule has 28 heavy (non-hydrogen) atoms. The first-order chi connectivity index (χ1) is 13.7. The number of hydrogen-bond donors (Lipinski definition) is 0. The summed E-state index contributed by atoms with van der Waals surface area (Å²) in [5.41, 5.74) is 3.11. The lowest BCUT2D eigenvalue weighted by molar-refractivity contribution is 0.429. The van der Waals surface area contributed by atoms with Gasteiger partial charge in [0.1, 0.15) is 26.1 Å². The van der Waals surface area contributed by atoms with Gasteiger partial charge in [-0.1, -0.05) is 48.5 Å². The third kappa shape index (κ3) is 2.61. The third-order valence-electron chi connectivity index (χ3n) is 5.00. The molecule has 0 radical (unpaired) electrons. The predicted octanol–water partition coefficient (Wildman–Crippen LogP) is 6.49. The fourth-order valence-electron chi connectivity index (χ4n) is 3.91. The Morgan fingerprint density at radius 1 is 0.571 bits per heavy atom. The molecule has 0 bridgehead atoms. The summed E-state index contributed by atoms with van der Waals surface area (Å²) in [5.74, 6) is 1.62. The zero-order chi connectivity index (χ0) is 19.1. The molecule has 0 saturated heterocycles. The van der Waals surface area contributed by atoms with Crippen molar-refractivity contribution in [2.45, 2.75) is 5.41 Å². The van der Waals surface area contributed by atoms with Crippen LogP contribution in [0.1, 0.15) is 22.5 Å². The van der Waals surface area contributed by atoms with E-state index in [2.05, 4.69) is 44.0 Å². The van der Waals surface area contributed by atoms with E-state index in [9.17, 15) is 0 Å². The van der Waals surface area contributed by atoms with Gasteiger partial charge < -0.3 is 4.74 Å². The number of nitrogens with zero attached hydrogens (tertiary/aromatic N) is 2. The number of hydrogen-bond acceptors (Lipinski definition) is 3. The molecule has 5 rings (SSSR count). The van der Waals surface area contributed by atoms with E-state index in [1.54, 1.807) is 0 Å². The highest BCUT2D eigenvalue weighted by atomic mass is 79.9. The van der Waals surface area contributed by atoms with Crippen molar-refractivity contribution in [2.24, 2.45) is 0 Å². The Morgan fingerprint density at radius 3 is 1.50 bits per heavy atom. The number of para-hydroxylation sites is 2. The van der Waals surface area contributed by atoms with Gasteiger partial charge in [-0.15, -0.1) is 0 Å². The second kappa shape index (κ2) is 6.83. The second-order valence-electron chi connectivity index (χ2n) is 6.54. The monoisotopic (exact) mass is 492 g/mol. The molecular formula is C23H14Br2N2O. The largest absolute Gasteiger partial charge is 0.457 e.